The fourth-order valence-corrected chi connectivity index (χ4v) is 2.91. The van der Waals surface area contributed by atoms with Crippen molar-refractivity contribution in [3.05, 3.63) is 59.7 Å². The predicted octanol–water partition coefficient (Wildman–Crippen LogP) is 3.13. The third-order valence-electron chi connectivity index (χ3n) is 4.68. The van der Waals surface area contributed by atoms with Crippen molar-refractivity contribution in [1.29, 1.82) is 0 Å². The van der Waals surface area contributed by atoms with Gasteiger partial charge in [-0.05, 0) is 48.7 Å². The molecule has 23 heavy (non-hydrogen) atoms. The zero-order valence-corrected chi connectivity index (χ0v) is 13.8. The molecular weight excluding hydrogens is 284 g/mol. The van der Waals surface area contributed by atoms with Gasteiger partial charge in [0.15, 0.2) is 0 Å². The number of hydrogen-bond donors (Lipinski definition) is 2. The molecule has 0 saturated carbocycles. The molecule has 0 aromatic heterocycles. The molecule has 0 radical (unpaired) electrons. The molecule has 3 nitrogen and oxygen atoms in total. The van der Waals surface area contributed by atoms with Crippen LogP contribution < -0.4 is 10.6 Å². The van der Waals surface area contributed by atoms with E-state index in [1.165, 1.54) is 16.7 Å². The van der Waals surface area contributed by atoms with E-state index in [0.717, 1.165) is 18.7 Å². The number of rotatable bonds is 5. The lowest BCUT2D eigenvalue weighted by atomic mass is 9.88. The Morgan fingerprint density at radius 2 is 1.87 bits per heavy atom. The van der Waals surface area contributed by atoms with E-state index >= 15 is 0 Å². The van der Waals surface area contributed by atoms with Crippen LogP contribution in [0.2, 0.25) is 0 Å². The quantitative estimate of drug-likeness (QED) is 0.891. The van der Waals surface area contributed by atoms with E-state index in [-0.39, 0.29) is 11.8 Å². The number of aryl methyl sites for hydroxylation is 1. The minimum atomic E-state index is 0.0798. The Labute approximate surface area is 138 Å². The first kappa shape index (κ1) is 15.8. The highest BCUT2D eigenvalue weighted by Gasteiger charge is 2.28. The van der Waals surface area contributed by atoms with Crippen LogP contribution in [-0.2, 0) is 11.3 Å². The fraction of sp³-hybridized carbons (Fsp3) is 0.350. The van der Waals surface area contributed by atoms with Gasteiger partial charge in [0, 0.05) is 12.5 Å². The molecule has 3 rings (SSSR count). The molecule has 2 aromatic rings. The second-order valence-electron chi connectivity index (χ2n) is 6.49. The van der Waals surface area contributed by atoms with Crippen LogP contribution in [0.15, 0.2) is 48.5 Å². The molecule has 0 bridgehead atoms. The molecule has 1 atom stereocenters. The van der Waals surface area contributed by atoms with E-state index in [0.29, 0.717) is 12.5 Å². The summed E-state index contributed by atoms with van der Waals surface area (Å²) in [7, 11) is 0. The van der Waals surface area contributed by atoms with Crippen LogP contribution in [0.25, 0.3) is 11.1 Å². The lowest BCUT2D eigenvalue weighted by Crippen LogP contribution is -2.49. The van der Waals surface area contributed by atoms with Gasteiger partial charge < -0.3 is 10.6 Å². The Morgan fingerprint density at radius 1 is 1.17 bits per heavy atom. The van der Waals surface area contributed by atoms with Crippen LogP contribution in [-0.4, -0.2) is 19.0 Å². The highest BCUT2D eigenvalue weighted by Crippen LogP contribution is 2.22. The van der Waals surface area contributed by atoms with Crippen molar-refractivity contribution in [3.63, 3.8) is 0 Å². The van der Waals surface area contributed by atoms with Crippen molar-refractivity contribution in [3.8, 4) is 11.1 Å². The zero-order chi connectivity index (χ0) is 16.2. The Kier molecular flexibility index (Phi) is 4.77. The van der Waals surface area contributed by atoms with E-state index in [9.17, 15) is 4.79 Å². The zero-order valence-electron chi connectivity index (χ0n) is 13.8. The summed E-state index contributed by atoms with van der Waals surface area (Å²) < 4.78 is 0. The molecule has 120 valence electrons. The van der Waals surface area contributed by atoms with Gasteiger partial charge in [-0.15, -0.1) is 0 Å². The Morgan fingerprint density at radius 3 is 2.52 bits per heavy atom. The SMILES string of the molecule is Cc1cccc(-c2cccc(CNC(=O)C(C)C3CNC3)c2)c1. The largest absolute Gasteiger partial charge is 0.352 e. The maximum absolute atomic E-state index is 12.2. The van der Waals surface area contributed by atoms with E-state index in [1.54, 1.807) is 0 Å². The average molecular weight is 308 g/mol. The summed E-state index contributed by atoms with van der Waals surface area (Å²) in [6.07, 6.45) is 0. The van der Waals surface area contributed by atoms with Gasteiger partial charge in [-0.2, -0.15) is 0 Å². The van der Waals surface area contributed by atoms with Crippen molar-refractivity contribution in [1.82, 2.24) is 10.6 Å². The molecule has 2 aromatic carbocycles. The highest BCUT2D eigenvalue weighted by atomic mass is 16.1. The number of carbonyl (C=O) groups is 1. The van der Waals surface area contributed by atoms with Crippen molar-refractivity contribution in [2.24, 2.45) is 11.8 Å². The monoisotopic (exact) mass is 308 g/mol. The minimum absolute atomic E-state index is 0.0798. The molecular formula is C20H24N2O. The normalized spacial score (nSPS) is 15.7. The summed E-state index contributed by atoms with van der Waals surface area (Å²) in [5.74, 6) is 0.710. The number of amides is 1. The Bertz CT molecular complexity index is 692. The molecule has 0 aliphatic carbocycles. The Balaban J connectivity index is 1.64. The fourth-order valence-electron chi connectivity index (χ4n) is 2.91. The van der Waals surface area contributed by atoms with Crippen molar-refractivity contribution < 1.29 is 4.79 Å². The maximum Gasteiger partial charge on any atom is 0.223 e. The van der Waals surface area contributed by atoms with Crippen LogP contribution in [0, 0.1) is 18.8 Å². The molecule has 1 unspecified atom stereocenters. The van der Waals surface area contributed by atoms with E-state index in [2.05, 4.69) is 66.1 Å². The maximum atomic E-state index is 12.2. The third-order valence-corrected chi connectivity index (χ3v) is 4.68. The molecule has 3 heteroatoms. The molecule has 1 aliphatic heterocycles. The van der Waals surface area contributed by atoms with Crippen LogP contribution in [0.1, 0.15) is 18.1 Å². The lowest BCUT2D eigenvalue weighted by Gasteiger charge is -2.31. The van der Waals surface area contributed by atoms with Crippen molar-refractivity contribution in [2.45, 2.75) is 20.4 Å². The van der Waals surface area contributed by atoms with Crippen molar-refractivity contribution >= 4 is 5.91 Å². The standard InChI is InChI=1S/C20H24N2O/c1-14-5-3-7-17(9-14)18-8-4-6-16(10-18)11-22-20(23)15(2)19-12-21-13-19/h3-10,15,19,21H,11-13H2,1-2H3,(H,22,23). The van der Waals surface area contributed by atoms with Crippen LogP contribution in [0.4, 0.5) is 0 Å². The minimum Gasteiger partial charge on any atom is -0.352 e. The van der Waals surface area contributed by atoms with Crippen molar-refractivity contribution in [2.75, 3.05) is 13.1 Å². The van der Waals surface area contributed by atoms with Crippen LogP contribution >= 0.6 is 0 Å². The molecule has 1 fully saturated rings. The first-order chi connectivity index (χ1) is 11.1. The number of benzene rings is 2. The summed E-state index contributed by atoms with van der Waals surface area (Å²) in [5.41, 5.74) is 4.80. The molecule has 1 heterocycles. The Hall–Kier alpha value is -2.13. The first-order valence-electron chi connectivity index (χ1n) is 8.28. The second kappa shape index (κ2) is 6.97. The molecule has 2 N–H and O–H groups in total. The summed E-state index contributed by atoms with van der Waals surface area (Å²) in [6, 6.07) is 16.9. The topological polar surface area (TPSA) is 41.1 Å². The number of hydrogen-bond acceptors (Lipinski definition) is 2. The van der Waals surface area contributed by atoms with Gasteiger partial charge >= 0.3 is 0 Å². The molecule has 1 saturated heterocycles. The van der Waals surface area contributed by atoms with Gasteiger partial charge in [0.1, 0.15) is 0 Å². The van der Waals surface area contributed by atoms with Gasteiger partial charge in [-0.1, -0.05) is 55.0 Å². The van der Waals surface area contributed by atoms with Crippen LogP contribution in [0.5, 0.6) is 0 Å². The van der Waals surface area contributed by atoms with Gasteiger partial charge in [0.25, 0.3) is 0 Å². The van der Waals surface area contributed by atoms with Crippen LogP contribution in [0.3, 0.4) is 0 Å². The first-order valence-corrected chi connectivity index (χ1v) is 8.28. The summed E-state index contributed by atoms with van der Waals surface area (Å²) in [5, 5.41) is 6.29. The number of carbonyl (C=O) groups excluding carboxylic acids is 1. The average Bonchev–Trinajstić information content (AvgIpc) is 2.51. The lowest BCUT2D eigenvalue weighted by molar-refractivity contribution is -0.126. The second-order valence-corrected chi connectivity index (χ2v) is 6.49. The van der Waals surface area contributed by atoms with E-state index < -0.39 is 0 Å². The van der Waals surface area contributed by atoms with Gasteiger partial charge in [0.05, 0.1) is 0 Å². The van der Waals surface area contributed by atoms with E-state index in [4.69, 9.17) is 0 Å². The van der Waals surface area contributed by atoms with E-state index in [1.807, 2.05) is 6.92 Å². The highest BCUT2D eigenvalue weighted by molar-refractivity contribution is 5.78. The number of nitrogens with one attached hydrogen (secondary N) is 2. The predicted molar refractivity (Wildman–Crippen MR) is 94.0 cm³/mol. The van der Waals surface area contributed by atoms with Gasteiger partial charge in [-0.25, -0.2) is 0 Å². The van der Waals surface area contributed by atoms with Gasteiger partial charge in [0.2, 0.25) is 5.91 Å². The summed E-state index contributed by atoms with van der Waals surface area (Å²) >= 11 is 0. The molecule has 1 amide bonds. The third kappa shape index (κ3) is 3.80. The molecule has 1 aliphatic rings. The summed E-state index contributed by atoms with van der Waals surface area (Å²) in [6.45, 7) is 6.62. The summed E-state index contributed by atoms with van der Waals surface area (Å²) in [4.78, 5) is 12.2. The van der Waals surface area contributed by atoms with Gasteiger partial charge in [-0.3, -0.25) is 4.79 Å². The smallest absolute Gasteiger partial charge is 0.223 e. The molecule has 0 spiro atoms.